The summed E-state index contributed by atoms with van der Waals surface area (Å²) in [6.07, 6.45) is 1.81. The topological polar surface area (TPSA) is 72.6 Å². The number of hydrogen-bond acceptors (Lipinski definition) is 5. The third kappa shape index (κ3) is 4.11. The number of nitrogens with zero attached hydrogens (tertiary/aromatic N) is 2. The molecule has 0 aliphatic carbocycles. The second-order valence-electron chi connectivity index (χ2n) is 6.53. The van der Waals surface area contributed by atoms with Crippen LogP contribution in [0.1, 0.15) is 29.9 Å². The van der Waals surface area contributed by atoms with Crippen LogP contribution >= 0.6 is 0 Å². The molecule has 3 rings (SSSR count). The zero-order valence-electron chi connectivity index (χ0n) is 14.6. The number of sulfonamides is 1. The van der Waals surface area contributed by atoms with Gasteiger partial charge in [-0.15, -0.1) is 0 Å². The smallest absolute Gasteiger partial charge is 0.248 e. The molecule has 0 spiro atoms. The number of aryl methyl sites for hydroxylation is 2. The minimum Gasteiger partial charge on any atom is -0.376 e. The van der Waals surface area contributed by atoms with Gasteiger partial charge in [0, 0.05) is 13.1 Å². The summed E-state index contributed by atoms with van der Waals surface area (Å²) in [6.45, 7) is 5.41. The SMILES string of the molecule is Cc1noc(C)c1S(=O)(=O)N1CCC[C@@H](COCc2ccccc2)C1. The number of ether oxygens (including phenoxy) is 1. The predicted molar refractivity (Wildman–Crippen MR) is 93.6 cm³/mol. The van der Waals surface area contributed by atoms with Gasteiger partial charge in [0.25, 0.3) is 0 Å². The summed E-state index contributed by atoms with van der Waals surface area (Å²) in [4.78, 5) is 0.207. The van der Waals surface area contributed by atoms with Gasteiger partial charge in [-0.3, -0.25) is 0 Å². The van der Waals surface area contributed by atoms with Crippen molar-refractivity contribution in [2.45, 2.75) is 38.2 Å². The zero-order chi connectivity index (χ0) is 17.9. The first-order valence-electron chi connectivity index (χ1n) is 8.53. The zero-order valence-corrected chi connectivity index (χ0v) is 15.5. The highest BCUT2D eigenvalue weighted by Crippen LogP contribution is 2.27. The second kappa shape index (κ2) is 7.68. The Morgan fingerprint density at radius 1 is 1.28 bits per heavy atom. The Morgan fingerprint density at radius 2 is 2.04 bits per heavy atom. The summed E-state index contributed by atoms with van der Waals surface area (Å²) < 4.78 is 38.2. The fraction of sp³-hybridized carbons (Fsp3) is 0.500. The molecule has 0 N–H and O–H groups in total. The van der Waals surface area contributed by atoms with E-state index in [4.69, 9.17) is 9.26 Å². The molecule has 1 atom stereocenters. The molecule has 1 aromatic heterocycles. The van der Waals surface area contributed by atoms with Crippen LogP contribution in [0.4, 0.5) is 0 Å². The third-order valence-corrected chi connectivity index (χ3v) is 6.62. The van der Waals surface area contributed by atoms with Crippen LogP contribution in [0.5, 0.6) is 0 Å². The van der Waals surface area contributed by atoms with Crippen molar-refractivity contribution in [2.24, 2.45) is 5.92 Å². The maximum absolute atomic E-state index is 12.9. The lowest BCUT2D eigenvalue weighted by Crippen LogP contribution is -2.41. The van der Waals surface area contributed by atoms with Gasteiger partial charge in [0.2, 0.25) is 10.0 Å². The Hall–Kier alpha value is -1.70. The van der Waals surface area contributed by atoms with Gasteiger partial charge in [-0.25, -0.2) is 8.42 Å². The van der Waals surface area contributed by atoms with Crippen molar-refractivity contribution in [3.05, 3.63) is 47.3 Å². The Labute approximate surface area is 148 Å². The average Bonchev–Trinajstić information content (AvgIpc) is 2.95. The van der Waals surface area contributed by atoms with E-state index < -0.39 is 10.0 Å². The van der Waals surface area contributed by atoms with Gasteiger partial charge in [-0.1, -0.05) is 35.5 Å². The Kier molecular flexibility index (Phi) is 5.56. The molecule has 1 aliphatic rings. The molecule has 6 nitrogen and oxygen atoms in total. The van der Waals surface area contributed by atoms with Gasteiger partial charge in [-0.05, 0) is 38.2 Å². The first kappa shape index (κ1) is 18.1. The molecule has 0 saturated carbocycles. The standard InChI is InChI=1S/C18H24N2O4S/c1-14-18(15(2)24-19-14)25(21,22)20-10-6-9-17(11-20)13-23-12-16-7-4-3-5-8-16/h3-5,7-8,17H,6,9-13H2,1-2H3/t17-/m1/s1. The van der Waals surface area contributed by atoms with E-state index in [0.717, 1.165) is 18.4 Å². The molecule has 7 heteroatoms. The lowest BCUT2D eigenvalue weighted by Gasteiger charge is -2.31. The Morgan fingerprint density at radius 3 is 2.72 bits per heavy atom. The fourth-order valence-electron chi connectivity index (χ4n) is 3.27. The molecule has 1 aliphatic heterocycles. The number of piperidine rings is 1. The van der Waals surface area contributed by atoms with E-state index in [2.05, 4.69) is 5.16 Å². The van der Waals surface area contributed by atoms with Crippen LogP contribution in [0, 0.1) is 19.8 Å². The summed E-state index contributed by atoms with van der Waals surface area (Å²) >= 11 is 0. The summed E-state index contributed by atoms with van der Waals surface area (Å²) in [5.41, 5.74) is 1.54. The number of rotatable bonds is 6. The minimum atomic E-state index is -3.57. The first-order valence-corrected chi connectivity index (χ1v) is 9.97. The predicted octanol–water partition coefficient (Wildman–Crippen LogP) is 2.91. The third-order valence-electron chi connectivity index (χ3n) is 4.51. The van der Waals surface area contributed by atoms with Gasteiger partial charge in [0.05, 0.1) is 13.2 Å². The van der Waals surface area contributed by atoms with Gasteiger partial charge >= 0.3 is 0 Å². The molecular formula is C18H24N2O4S. The van der Waals surface area contributed by atoms with Gasteiger partial charge in [-0.2, -0.15) is 4.31 Å². The molecule has 136 valence electrons. The lowest BCUT2D eigenvalue weighted by atomic mass is 10.0. The maximum atomic E-state index is 12.9. The van der Waals surface area contributed by atoms with E-state index in [1.165, 1.54) is 0 Å². The van der Waals surface area contributed by atoms with Crippen molar-refractivity contribution in [3.63, 3.8) is 0 Å². The van der Waals surface area contributed by atoms with E-state index in [0.29, 0.717) is 37.8 Å². The summed E-state index contributed by atoms with van der Waals surface area (Å²) in [7, 11) is -3.57. The van der Waals surface area contributed by atoms with Crippen LogP contribution in [0.3, 0.4) is 0 Å². The largest absolute Gasteiger partial charge is 0.376 e. The normalized spacial score (nSPS) is 19.2. The van der Waals surface area contributed by atoms with Crippen LogP contribution < -0.4 is 0 Å². The first-order chi connectivity index (χ1) is 12.0. The van der Waals surface area contributed by atoms with Crippen LogP contribution in [0.25, 0.3) is 0 Å². The molecule has 0 radical (unpaired) electrons. The van der Waals surface area contributed by atoms with Crippen molar-refractivity contribution in [3.8, 4) is 0 Å². The molecule has 0 amide bonds. The quantitative estimate of drug-likeness (QED) is 0.788. The van der Waals surface area contributed by atoms with Crippen molar-refractivity contribution in [1.82, 2.24) is 9.46 Å². The van der Waals surface area contributed by atoms with Gasteiger partial charge in [0.1, 0.15) is 10.6 Å². The van der Waals surface area contributed by atoms with Crippen molar-refractivity contribution < 1.29 is 17.7 Å². The highest BCUT2D eigenvalue weighted by molar-refractivity contribution is 7.89. The highest BCUT2D eigenvalue weighted by atomic mass is 32.2. The van der Waals surface area contributed by atoms with E-state index in [-0.39, 0.29) is 10.8 Å². The molecule has 0 unspecified atom stereocenters. The van der Waals surface area contributed by atoms with Crippen molar-refractivity contribution in [2.75, 3.05) is 19.7 Å². The monoisotopic (exact) mass is 364 g/mol. The highest BCUT2D eigenvalue weighted by Gasteiger charge is 2.34. The van der Waals surface area contributed by atoms with Crippen LogP contribution in [-0.2, 0) is 21.4 Å². The number of benzene rings is 1. The van der Waals surface area contributed by atoms with Gasteiger partial charge in [0.15, 0.2) is 5.76 Å². The molecule has 0 bridgehead atoms. The van der Waals surface area contributed by atoms with E-state index in [9.17, 15) is 8.42 Å². The number of hydrogen-bond donors (Lipinski definition) is 0. The maximum Gasteiger partial charge on any atom is 0.248 e. The summed E-state index contributed by atoms with van der Waals surface area (Å²) in [5, 5.41) is 3.77. The molecule has 2 aromatic rings. The molecular weight excluding hydrogens is 340 g/mol. The summed E-state index contributed by atoms with van der Waals surface area (Å²) in [6, 6.07) is 9.99. The van der Waals surface area contributed by atoms with Crippen LogP contribution in [0.2, 0.25) is 0 Å². The average molecular weight is 364 g/mol. The van der Waals surface area contributed by atoms with E-state index in [1.54, 1.807) is 18.2 Å². The minimum absolute atomic E-state index is 0.202. The molecule has 25 heavy (non-hydrogen) atoms. The van der Waals surface area contributed by atoms with E-state index in [1.807, 2.05) is 30.3 Å². The van der Waals surface area contributed by atoms with Crippen molar-refractivity contribution >= 4 is 10.0 Å². The molecule has 1 aromatic carbocycles. The summed E-state index contributed by atoms with van der Waals surface area (Å²) in [5.74, 6) is 0.549. The fourth-order valence-corrected chi connectivity index (χ4v) is 5.12. The molecule has 1 saturated heterocycles. The molecule has 2 heterocycles. The molecule has 1 fully saturated rings. The lowest BCUT2D eigenvalue weighted by molar-refractivity contribution is 0.0672. The Balaban J connectivity index is 1.61. The van der Waals surface area contributed by atoms with E-state index >= 15 is 0 Å². The number of aromatic nitrogens is 1. The van der Waals surface area contributed by atoms with Gasteiger partial charge < -0.3 is 9.26 Å². The second-order valence-corrected chi connectivity index (χ2v) is 8.40. The van der Waals surface area contributed by atoms with Crippen LogP contribution in [-0.4, -0.2) is 37.6 Å². The Bertz CT molecular complexity index is 782. The van der Waals surface area contributed by atoms with Crippen molar-refractivity contribution in [1.29, 1.82) is 0 Å². The van der Waals surface area contributed by atoms with Crippen LogP contribution in [0.15, 0.2) is 39.8 Å².